The van der Waals surface area contributed by atoms with Gasteiger partial charge in [-0.05, 0) is 44.4 Å². The SMILES string of the molecule is CCCc1cc(=O)oc2c(C)c(OC(C)C(=O)N3CCCN(C(C)=O)CC3)ccc12. The number of ether oxygens (including phenoxy) is 1. The molecule has 1 fully saturated rings. The van der Waals surface area contributed by atoms with Crippen molar-refractivity contribution in [3.63, 3.8) is 0 Å². The van der Waals surface area contributed by atoms with Gasteiger partial charge in [0.2, 0.25) is 5.91 Å². The molecule has 2 amide bonds. The van der Waals surface area contributed by atoms with E-state index < -0.39 is 6.10 Å². The van der Waals surface area contributed by atoms with E-state index in [-0.39, 0.29) is 17.4 Å². The van der Waals surface area contributed by atoms with Crippen LogP contribution in [0.15, 0.2) is 27.4 Å². The van der Waals surface area contributed by atoms with E-state index in [1.54, 1.807) is 29.7 Å². The summed E-state index contributed by atoms with van der Waals surface area (Å²) in [4.78, 5) is 40.0. The van der Waals surface area contributed by atoms with E-state index in [4.69, 9.17) is 9.15 Å². The first-order valence-electron chi connectivity index (χ1n) is 10.6. The lowest BCUT2D eigenvalue weighted by Gasteiger charge is -2.25. The number of hydrogen-bond donors (Lipinski definition) is 0. The molecule has 7 heteroatoms. The highest BCUT2D eigenvalue weighted by molar-refractivity contribution is 5.85. The Balaban J connectivity index is 1.78. The Labute approximate surface area is 176 Å². The molecule has 0 bridgehead atoms. The fourth-order valence-electron chi connectivity index (χ4n) is 3.96. The first kappa shape index (κ1) is 21.9. The average molecular weight is 415 g/mol. The standard InChI is InChI=1S/C23H30N2O5/c1-5-7-18-14-21(27)30-22-15(2)20(9-8-19(18)22)29-16(3)23(28)25-11-6-10-24(12-13-25)17(4)26/h8-9,14,16H,5-7,10-13H2,1-4H3. The Bertz CT molecular complexity index is 997. The van der Waals surface area contributed by atoms with Gasteiger partial charge in [0.1, 0.15) is 11.3 Å². The van der Waals surface area contributed by atoms with Crippen molar-refractivity contribution in [3.05, 3.63) is 39.7 Å². The van der Waals surface area contributed by atoms with Crippen LogP contribution in [0, 0.1) is 6.92 Å². The summed E-state index contributed by atoms with van der Waals surface area (Å²) in [5, 5.41) is 0.900. The van der Waals surface area contributed by atoms with Gasteiger partial charge in [-0.1, -0.05) is 13.3 Å². The number of carbonyl (C=O) groups is 2. The van der Waals surface area contributed by atoms with Gasteiger partial charge in [-0.3, -0.25) is 9.59 Å². The largest absolute Gasteiger partial charge is 0.480 e. The number of fused-ring (bicyclic) bond motifs is 1. The maximum atomic E-state index is 12.9. The van der Waals surface area contributed by atoms with E-state index in [0.29, 0.717) is 43.1 Å². The molecule has 162 valence electrons. The molecule has 0 aliphatic carbocycles. The first-order chi connectivity index (χ1) is 14.3. The molecule has 2 aromatic rings. The minimum Gasteiger partial charge on any atom is -0.480 e. The number of hydrogen-bond acceptors (Lipinski definition) is 5. The lowest BCUT2D eigenvalue weighted by Crippen LogP contribution is -2.42. The Hall–Kier alpha value is -2.83. The van der Waals surface area contributed by atoms with Crippen molar-refractivity contribution in [2.24, 2.45) is 0 Å². The second-order valence-electron chi connectivity index (χ2n) is 7.85. The molecule has 1 saturated heterocycles. The molecule has 1 aromatic heterocycles. The summed E-state index contributed by atoms with van der Waals surface area (Å²) in [6, 6.07) is 5.27. The molecule has 0 N–H and O–H groups in total. The maximum Gasteiger partial charge on any atom is 0.336 e. The zero-order valence-electron chi connectivity index (χ0n) is 18.2. The highest BCUT2D eigenvalue weighted by Crippen LogP contribution is 2.29. The molecule has 3 rings (SSSR count). The van der Waals surface area contributed by atoms with Gasteiger partial charge in [0, 0.05) is 50.1 Å². The number of benzene rings is 1. The van der Waals surface area contributed by atoms with Gasteiger partial charge >= 0.3 is 5.63 Å². The summed E-state index contributed by atoms with van der Waals surface area (Å²) < 4.78 is 11.5. The van der Waals surface area contributed by atoms with Crippen LogP contribution in [0.4, 0.5) is 0 Å². The molecule has 1 aliphatic heterocycles. The molecule has 2 heterocycles. The molecule has 0 spiro atoms. The summed E-state index contributed by atoms with van der Waals surface area (Å²) in [5.41, 5.74) is 1.80. The first-order valence-corrected chi connectivity index (χ1v) is 10.6. The number of aryl methyl sites for hydroxylation is 2. The topological polar surface area (TPSA) is 80.1 Å². The monoisotopic (exact) mass is 414 g/mol. The van der Waals surface area contributed by atoms with E-state index in [2.05, 4.69) is 6.92 Å². The molecular formula is C23H30N2O5. The highest BCUT2D eigenvalue weighted by Gasteiger charge is 2.26. The number of rotatable bonds is 5. The molecular weight excluding hydrogens is 384 g/mol. The van der Waals surface area contributed by atoms with Gasteiger partial charge in [-0.2, -0.15) is 0 Å². The van der Waals surface area contributed by atoms with Gasteiger partial charge < -0.3 is 19.0 Å². The van der Waals surface area contributed by atoms with Crippen molar-refractivity contribution in [2.75, 3.05) is 26.2 Å². The van der Waals surface area contributed by atoms with Crippen LogP contribution in [0.1, 0.15) is 44.7 Å². The van der Waals surface area contributed by atoms with Crippen molar-refractivity contribution in [1.82, 2.24) is 9.80 Å². The van der Waals surface area contributed by atoms with Gasteiger partial charge in [-0.15, -0.1) is 0 Å². The van der Waals surface area contributed by atoms with Crippen LogP contribution in [-0.4, -0.2) is 53.9 Å². The quantitative estimate of drug-likeness (QED) is 0.703. The fourth-order valence-corrected chi connectivity index (χ4v) is 3.96. The minimum absolute atomic E-state index is 0.0318. The third kappa shape index (κ3) is 4.66. The zero-order chi connectivity index (χ0) is 21.8. The Kier molecular flexibility index (Phi) is 6.80. The Morgan fingerprint density at radius 1 is 1.17 bits per heavy atom. The van der Waals surface area contributed by atoms with Crippen molar-refractivity contribution in [2.45, 2.75) is 53.1 Å². The third-order valence-corrected chi connectivity index (χ3v) is 5.62. The van der Waals surface area contributed by atoms with Crippen LogP contribution in [0.25, 0.3) is 11.0 Å². The molecule has 30 heavy (non-hydrogen) atoms. The highest BCUT2D eigenvalue weighted by atomic mass is 16.5. The lowest BCUT2D eigenvalue weighted by atomic mass is 10.0. The van der Waals surface area contributed by atoms with Crippen LogP contribution in [0.2, 0.25) is 0 Å². The van der Waals surface area contributed by atoms with E-state index in [9.17, 15) is 14.4 Å². The predicted octanol–water partition coefficient (Wildman–Crippen LogP) is 2.90. The molecule has 7 nitrogen and oxygen atoms in total. The second kappa shape index (κ2) is 9.32. The Morgan fingerprint density at radius 2 is 1.87 bits per heavy atom. The summed E-state index contributed by atoms with van der Waals surface area (Å²) >= 11 is 0. The molecule has 1 atom stereocenters. The molecule has 0 saturated carbocycles. The number of carbonyl (C=O) groups excluding carboxylic acids is 2. The molecule has 1 aromatic carbocycles. The van der Waals surface area contributed by atoms with Crippen LogP contribution >= 0.6 is 0 Å². The van der Waals surface area contributed by atoms with Gasteiger partial charge in [0.15, 0.2) is 6.10 Å². The molecule has 1 aliphatic rings. The number of nitrogens with zero attached hydrogens (tertiary/aromatic N) is 2. The minimum atomic E-state index is -0.685. The van der Waals surface area contributed by atoms with Crippen molar-refractivity contribution < 1.29 is 18.7 Å². The average Bonchev–Trinajstić information content (AvgIpc) is 2.96. The Morgan fingerprint density at radius 3 is 2.57 bits per heavy atom. The fraction of sp³-hybridized carbons (Fsp3) is 0.522. The second-order valence-corrected chi connectivity index (χ2v) is 7.85. The van der Waals surface area contributed by atoms with Crippen LogP contribution < -0.4 is 10.4 Å². The van der Waals surface area contributed by atoms with Crippen molar-refractivity contribution in [3.8, 4) is 5.75 Å². The summed E-state index contributed by atoms with van der Waals surface area (Å²) in [5.74, 6) is 0.450. The van der Waals surface area contributed by atoms with Crippen molar-refractivity contribution >= 4 is 22.8 Å². The van der Waals surface area contributed by atoms with Gasteiger partial charge in [0.25, 0.3) is 5.91 Å². The van der Waals surface area contributed by atoms with E-state index in [1.165, 1.54) is 0 Å². The van der Waals surface area contributed by atoms with Crippen LogP contribution in [-0.2, 0) is 16.0 Å². The molecule has 0 radical (unpaired) electrons. The van der Waals surface area contributed by atoms with E-state index in [0.717, 1.165) is 30.2 Å². The summed E-state index contributed by atoms with van der Waals surface area (Å²) in [7, 11) is 0. The van der Waals surface area contributed by atoms with Gasteiger partial charge in [0.05, 0.1) is 0 Å². The normalized spacial score (nSPS) is 15.7. The lowest BCUT2D eigenvalue weighted by molar-refractivity contribution is -0.138. The smallest absolute Gasteiger partial charge is 0.336 e. The van der Waals surface area contributed by atoms with Crippen molar-refractivity contribution in [1.29, 1.82) is 0 Å². The summed E-state index contributed by atoms with van der Waals surface area (Å²) in [6.45, 7) is 9.48. The van der Waals surface area contributed by atoms with Crippen LogP contribution in [0.5, 0.6) is 5.75 Å². The third-order valence-electron chi connectivity index (χ3n) is 5.62. The van der Waals surface area contributed by atoms with Gasteiger partial charge in [-0.25, -0.2) is 4.79 Å². The maximum absolute atomic E-state index is 12.9. The van der Waals surface area contributed by atoms with E-state index >= 15 is 0 Å². The van der Waals surface area contributed by atoms with Crippen LogP contribution in [0.3, 0.4) is 0 Å². The predicted molar refractivity (Wildman–Crippen MR) is 115 cm³/mol. The van der Waals surface area contributed by atoms with E-state index in [1.807, 2.05) is 19.1 Å². The molecule has 1 unspecified atom stereocenters. The summed E-state index contributed by atoms with van der Waals surface area (Å²) in [6.07, 6.45) is 1.79. The number of amides is 2. The zero-order valence-corrected chi connectivity index (χ0v) is 18.2.